The highest BCUT2D eigenvalue weighted by Gasteiger charge is 2.22. The van der Waals surface area contributed by atoms with Crippen LogP contribution in [0.15, 0.2) is 30.1 Å². The molecule has 6 heteroatoms. The van der Waals surface area contributed by atoms with E-state index in [4.69, 9.17) is 27.9 Å². The van der Waals surface area contributed by atoms with E-state index in [1.54, 1.807) is 0 Å². The summed E-state index contributed by atoms with van der Waals surface area (Å²) in [5, 5.41) is 0.306. The first kappa shape index (κ1) is 13.1. The lowest BCUT2D eigenvalue weighted by atomic mass is 10.2. The molecule has 1 aromatic rings. The van der Waals surface area contributed by atoms with E-state index in [-0.39, 0.29) is 21.6 Å². The van der Waals surface area contributed by atoms with Crippen molar-refractivity contribution < 1.29 is 9.13 Å². The molecule has 0 saturated carbocycles. The van der Waals surface area contributed by atoms with E-state index in [0.717, 1.165) is 0 Å². The van der Waals surface area contributed by atoms with Gasteiger partial charge in [-0.05, 0) is 6.08 Å². The highest BCUT2D eigenvalue weighted by atomic mass is 35.5. The second kappa shape index (κ2) is 5.08. The Kier molecular flexibility index (Phi) is 3.68. The summed E-state index contributed by atoms with van der Waals surface area (Å²) in [6, 6.07) is 0. The minimum absolute atomic E-state index is 0.0617. The van der Waals surface area contributed by atoms with Gasteiger partial charge in [-0.25, -0.2) is 14.4 Å². The molecule has 1 aliphatic heterocycles. The summed E-state index contributed by atoms with van der Waals surface area (Å²) in [6.45, 7) is 7.18. The summed E-state index contributed by atoms with van der Waals surface area (Å²) in [5.41, 5.74) is 0.712. The van der Waals surface area contributed by atoms with Gasteiger partial charge in [0.05, 0.1) is 17.9 Å². The summed E-state index contributed by atoms with van der Waals surface area (Å²) in [6.07, 6.45) is 1.91. The van der Waals surface area contributed by atoms with Gasteiger partial charge in [-0.1, -0.05) is 36.4 Å². The molecular formula is C12H9Cl2FN2O. The van der Waals surface area contributed by atoms with E-state index in [2.05, 4.69) is 23.1 Å². The van der Waals surface area contributed by atoms with Crippen molar-refractivity contribution in [2.24, 2.45) is 0 Å². The molecule has 2 heterocycles. The van der Waals surface area contributed by atoms with Crippen molar-refractivity contribution in [1.29, 1.82) is 0 Å². The van der Waals surface area contributed by atoms with Crippen LogP contribution in [0.1, 0.15) is 11.5 Å². The minimum Gasteiger partial charge on any atom is -0.488 e. The number of ether oxygens (including phenoxy) is 1. The van der Waals surface area contributed by atoms with Gasteiger partial charge < -0.3 is 4.74 Å². The summed E-state index contributed by atoms with van der Waals surface area (Å²) in [5.74, 6) is -0.126. The Hall–Kier alpha value is -1.39. The van der Waals surface area contributed by atoms with E-state index < -0.39 is 5.83 Å². The fraction of sp³-hybridized carbons (Fsp3) is 0.167. The maximum atomic E-state index is 13.4. The summed E-state index contributed by atoms with van der Waals surface area (Å²) in [4.78, 5) is 8.18. The fourth-order valence-corrected chi connectivity index (χ4v) is 1.92. The molecule has 0 spiro atoms. The van der Waals surface area contributed by atoms with Gasteiger partial charge in [0, 0.05) is 11.5 Å². The second-order valence-electron chi connectivity index (χ2n) is 3.62. The maximum absolute atomic E-state index is 13.4. The Morgan fingerprint density at radius 3 is 2.72 bits per heavy atom. The molecule has 0 aromatic carbocycles. The molecule has 1 aliphatic rings. The second-order valence-corrected chi connectivity index (χ2v) is 4.47. The van der Waals surface area contributed by atoms with E-state index in [1.165, 1.54) is 6.08 Å². The van der Waals surface area contributed by atoms with Gasteiger partial charge in [0.1, 0.15) is 5.83 Å². The molecule has 0 aliphatic carbocycles. The Balaban J connectivity index is 2.53. The van der Waals surface area contributed by atoms with Crippen LogP contribution in [0.4, 0.5) is 4.39 Å². The number of halogens is 3. The lowest BCUT2D eigenvalue weighted by Gasteiger charge is -2.06. The zero-order valence-corrected chi connectivity index (χ0v) is 10.9. The molecule has 0 atom stereocenters. The van der Waals surface area contributed by atoms with Crippen molar-refractivity contribution in [2.45, 2.75) is 6.42 Å². The molecule has 18 heavy (non-hydrogen) atoms. The summed E-state index contributed by atoms with van der Waals surface area (Å²) in [7, 11) is 0. The summed E-state index contributed by atoms with van der Waals surface area (Å²) >= 11 is 11.6. The van der Waals surface area contributed by atoms with Crippen molar-refractivity contribution in [1.82, 2.24) is 9.97 Å². The molecule has 0 bridgehead atoms. The van der Waals surface area contributed by atoms with Crippen molar-refractivity contribution in [3.8, 4) is 5.75 Å². The molecule has 0 saturated heterocycles. The van der Waals surface area contributed by atoms with Gasteiger partial charge in [-0.2, -0.15) is 0 Å². The highest BCUT2D eigenvalue weighted by Crippen LogP contribution is 2.33. The normalized spacial score (nSPS) is 14.1. The predicted molar refractivity (Wildman–Crippen MR) is 69.5 cm³/mol. The molecular weight excluding hydrogens is 278 g/mol. The molecule has 1 aromatic heterocycles. The van der Waals surface area contributed by atoms with Gasteiger partial charge in [0.25, 0.3) is 0 Å². The number of hydrogen-bond acceptors (Lipinski definition) is 3. The maximum Gasteiger partial charge on any atom is 0.178 e. The number of fused-ring (bicyclic) bond motifs is 1. The summed E-state index contributed by atoms with van der Waals surface area (Å²) < 4.78 is 18.6. The first-order valence-corrected chi connectivity index (χ1v) is 5.85. The van der Waals surface area contributed by atoms with Crippen LogP contribution in [0.2, 0.25) is 5.15 Å². The van der Waals surface area contributed by atoms with Crippen LogP contribution in [0.3, 0.4) is 0 Å². The first-order valence-electron chi connectivity index (χ1n) is 5.09. The van der Waals surface area contributed by atoms with Gasteiger partial charge in [-0.15, -0.1) is 0 Å². The minimum atomic E-state index is -0.702. The van der Waals surface area contributed by atoms with Crippen LogP contribution in [0.25, 0.3) is 5.57 Å². The van der Waals surface area contributed by atoms with E-state index in [9.17, 15) is 4.39 Å². The third-order valence-electron chi connectivity index (χ3n) is 2.31. The van der Waals surface area contributed by atoms with Gasteiger partial charge in [-0.3, -0.25) is 0 Å². The average Bonchev–Trinajstić information content (AvgIpc) is 2.73. The van der Waals surface area contributed by atoms with Gasteiger partial charge >= 0.3 is 0 Å². The topological polar surface area (TPSA) is 35.0 Å². The molecule has 3 nitrogen and oxygen atoms in total. The van der Waals surface area contributed by atoms with Crippen LogP contribution < -0.4 is 4.74 Å². The number of nitrogens with zero attached hydrogens (tertiary/aromatic N) is 2. The van der Waals surface area contributed by atoms with E-state index >= 15 is 0 Å². The molecule has 0 N–H and O–H groups in total. The molecule has 94 valence electrons. The fourth-order valence-electron chi connectivity index (χ4n) is 1.57. The molecule has 0 radical (unpaired) electrons. The predicted octanol–water partition coefficient (Wildman–Crippen LogP) is 3.68. The Morgan fingerprint density at radius 1 is 1.39 bits per heavy atom. The number of hydrogen-bond donors (Lipinski definition) is 0. The van der Waals surface area contributed by atoms with Crippen LogP contribution >= 0.6 is 23.2 Å². The van der Waals surface area contributed by atoms with Crippen LogP contribution in [-0.2, 0) is 6.42 Å². The lowest BCUT2D eigenvalue weighted by molar-refractivity contribution is 0.356. The van der Waals surface area contributed by atoms with E-state index in [0.29, 0.717) is 24.5 Å². The number of allylic oxidation sites excluding steroid dienone is 4. The first-order chi connectivity index (χ1) is 8.49. The van der Waals surface area contributed by atoms with E-state index in [1.807, 2.05) is 0 Å². The Morgan fingerprint density at radius 2 is 2.11 bits per heavy atom. The quantitative estimate of drug-likeness (QED) is 0.628. The van der Waals surface area contributed by atoms with Gasteiger partial charge in [0.15, 0.2) is 16.7 Å². The average molecular weight is 287 g/mol. The van der Waals surface area contributed by atoms with Crippen molar-refractivity contribution >= 4 is 28.8 Å². The third-order valence-corrected chi connectivity index (χ3v) is 2.68. The molecule has 0 unspecified atom stereocenters. The standard InChI is InChI=1S/C12H9Cl2FN2O/c1-6(13)5-8(7(2)15)12-16-9-3-4-18-10(9)11(14)17-12/h5H,1-4H2/b8-5+. The van der Waals surface area contributed by atoms with Crippen LogP contribution in [0.5, 0.6) is 5.75 Å². The van der Waals surface area contributed by atoms with Crippen molar-refractivity contribution in [2.75, 3.05) is 6.61 Å². The number of rotatable bonds is 3. The van der Waals surface area contributed by atoms with Crippen LogP contribution in [0, 0.1) is 0 Å². The SMILES string of the molecule is C=C(Cl)/C=C(\C(=C)F)c1nc(Cl)c2c(n1)CCO2. The zero-order chi connectivity index (χ0) is 13.3. The molecule has 0 amide bonds. The highest BCUT2D eigenvalue weighted by molar-refractivity contribution is 6.31. The number of aromatic nitrogens is 2. The lowest BCUT2D eigenvalue weighted by Crippen LogP contribution is -1.99. The van der Waals surface area contributed by atoms with Crippen molar-refractivity contribution in [3.63, 3.8) is 0 Å². The smallest absolute Gasteiger partial charge is 0.178 e. The Bertz CT molecular complexity index is 569. The zero-order valence-electron chi connectivity index (χ0n) is 9.34. The molecule has 2 rings (SSSR count). The third kappa shape index (κ3) is 2.54. The monoisotopic (exact) mass is 286 g/mol. The van der Waals surface area contributed by atoms with Crippen LogP contribution in [-0.4, -0.2) is 16.6 Å². The van der Waals surface area contributed by atoms with Gasteiger partial charge in [0.2, 0.25) is 0 Å². The largest absolute Gasteiger partial charge is 0.488 e. The molecule has 0 fully saturated rings. The van der Waals surface area contributed by atoms with Crippen molar-refractivity contribution in [3.05, 3.63) is 46.8 Å². The Labute approximate surface area is 114 Å².